The predicted octanol–water partition coefficient (Wildman–Crippen LogP) is 3.90. The lowest BCUT2D eigenvalue weighted by atomic mass is 9.78. The zero-order valence-corrected chi connectivity index (χ0v) is 14.0. The van der Waals surface area contributed by atoms with Crippen molar-refractivity contribution in [3.63, 3.8) is 0 Å². The lowest BCUT2D eigenvalue weighted by Crippen LogP contribution is -2.25. The second-order valence-corrected chi connectivity index (χ2v) is 7.42. The van der Waals surface area contributed by atoms with E-state index in [9.17, 15) is 9.90 Å². The van der Waals surface area contributed by atoms with Crippen LogP contribution in [0.15, 0.2) is 24.8 Å². The number of phenolic OH excluding ortho intramolecular Hbond substituents is 1. The topological polar surface area (TPSA) is 49.3 Å². The second kappa shape index (κ2) is 5.92. The monoisotopic (exact) mass is 289 g/mol. The third kappa shape index (κ3) is 4.10. The molecule has 0 saturated heterocycles. The van der Waals surface area contributed by atoms with E-state index in [0.29, 0.717) is 12.1 Å². The molecule has 0 aliphatic carbocycles. The number of amides is 1. The van der Waals surface area contributed by atoms with E-state index < -0.39 is 0 Å². The standard InChI is InChI=1S/C18H27NO2/c1-8-9-19-16(21)12-10-13(17(2,3)4)15(20)14(11-12)18(5,6)7/h8,10-11,20H,1,9H2,2-7H3,(H,19,21). The van der Waals surface area contributed by atoms with Crippen LogP contribution in [-0.4, -0.2) is 17.6 Å². The lowest BCUT2D eigenvalue weighted by Gasteiger charge is -2.28. The molecule has 0 aromatic heterocycles. The van der Waals surface area contributed by atoms with Gasteiger partial charge in [-0.25, -0.2) is 0 Å². The number of benzene rings is 1. The van der Waals surface area contributed by atoms with Crippen LogP contribution in [-0.2, 0) is 10.8 Å². The molecule has 2 N–H and O–H groups in total. The normalized spacial score (nSPS) is 12.1. The summed E-state index contributed by atoms with van der Waals surface area (Å²) in [6.07, 6.45) is 1.65. The van der Waals surface area contributed by atoms with Gasteiger partial charge in [-0.05, 0) is 23.0 Å². The fourth-order valence-electron chi connectivity index (χ4n) is 2.18. The van der Waals surface area contributed by atoms with Crippen molar-refractivity contribution in [3.05, 3.63) is 41.5 Å². The van der Waals surface area contributed by atoms with Gasteiger partial charge in [0.15, 0.2) is 0 Å². The molecule has 0 radical (unpaired) electrons. The van der Waals surface area contributed by atoms with Crippen molar-refractivity contribution in [2.45, 2.75) is 52.4 Å². The smallest absolute Gasteiger partial charge is 0.251 e. The Bertz CT molecular complexity index is 510. The van der Waals surface area contributed by atoms with Crippen LogP contribution in [0.3, 0.4) is 0 Å². The summed E-state index contributed by atoms with van der Waals surface area (Å²) in [5, 5.41) is 13.4. The van der Waals surface area contributed by atoms with Crippen LogP contribution < -0.4 is 5.32 Å². The largest absolute Gasteiger partial charge is 0.507 e. The third-order valence-corrected chi connectivity index (χ3v) is 3.40. The summed E-state index contributed by atoms with van der Waals surface area (Å²) in [6, 6.07) is 3.56. The minimum absolute atomic E-state index is 0.147. The van der Waals surface area contributed by atoms with E-state index in [1.54, 1.807) is 18.2 Å². The van der Waals surface area contributed by atoms with Gasteiger partial charge in [0.05, 0.1) is 0 Å². The average Bonchev–Trinajstić information content (AvgIpc) is 2.33. The van der Waals surface area contributed by atoms with E-state index in [1.807, 2.05) is 41.5 Å². The molecule has 21 heavy (non-hydrogen) atoms. The lowest BCUT2D eigenvalue weighted by molar-refractivity contribution is 0.0957. The van der Waals surface area contributed by atoms with Gasteiger partial charge in [0, 0.05) is 23.2 Å². The van der Waals surface area contributed by atoms with Crippen molar-refractivity contribution in [1.82, 2.24) is 5.32 Å². The number of carbonyl (C=O) groups is 1. The van der Waals surface area contributed by atoms with Gasteiger partial charge < -0.3 is 10.4 Å². The quantitative estimate of drug-likeness (QED) is 0.829. The highest BCUT2D eigenvalue weighted by Crippen LogP contribution is 2.39. The Morgan fingerprint density at radius 3 is 1.90 bits per heavy atom. The summed E-state index contributed by atoms with van der Waals surface area (Å²) < 4.78 is 0. The summed E-state index contributed by atoms with van der Waals surface area (Å²) in [5.41, 5.74) is 1.68. The van der Waals surface area contributed by atoms with Crippen molar-refractivity contribution >= 4 is 5.91 Å². The molecule has 1 amide bonds. The first kappa shape index (κ1) is 17.3. The Morgan fingerprint density at radius 1 is 1.14 bits per heavy atom. The highest BCUT2D eigenvalue weighted by molar-refractivity contribution is 5.95. The number of phenols is 1. The zero-order valence-electron chi connectivity index (χ0n) is 14.0. The van der Waals surface area contributed by atoms with Gasteiger partial charge in [-0.2, -0.15) is 0 Å². The predicted molar refractivity (Wildman–Crippen MR) is 88.0 cm³/mol. The Hall–Kier alpha value is -1.77. The van der Waals surface area contributed by atoms with E-state index in [-0.39, 0.29) is 22.5 Å². The summed E-state index contributed by atoms with van der Waals surface area (Å²) in [5.74, 6) is 0.140. The third-order valence-electron chi connectivity index (χ3n) is 3.40. The minimum Gasteiger partial charge on any atom is -0.507 e. The Morgan fingerprint density at radius 2 is 1.57 bits per heavy atom. The maximum absolute atomic E-state index is 12.2. The molecule has 0 fully saturated rings. The van der Waals surface area contributed by atoms with Gasteiger partial charge in [0.25, 0.3) is 5.91 Å². The van der Waals surface area contributed by atoms with Crippen LogP contribution in [0.5, 0.6) is 5.75 Å². The Balaban J connectivity index is 3.47. The molecule has 0 aliphatic rings. The number of nitrogens with one attached hydrogen (secondary N) is 1. The van der Waals surface area contributed by atoms with Crippen LogP contribution in [0.4, 0.5) is 0 Å². The summed E-state index contributed by atoms with van der Waals surface area (Å²) in [6.45, 7) is 16.2. The Kier molecular flexibility index (Phi) is 4.87. The van der Waals surface area contributed by atoms with Gasteiger partial charge in [-0.15, -0.1) is 6.58 Å². The number of rotatable bonds is 3. The molecular weight excluding hydrogens is 262 g/mol. The number of hydrogen-bond acceptors (Lipinski definition) is 2. The molecule has 3 heteroatoms. The van der Waals surface area contributed by atoms with Crippen molar-refractivity contribution in [2.75, 3.05) is 6.54 Å². The first-order valence-corrected chi connectivity index (χ1v) is 7.25. The van der Waals surface area contributed by atoms with E-state index in [2.05, 4.69) is 11.9 Å². The molecule has 3 nitrogen and oxygen atoms in total. The highest BCUT2D eigenvalue weighted by Gasteiger charge is 2.27. The van der Waals surface area contributed by atoms with Gasteiger partial charge >= 0.3 is 0 Å². The average molecular weight is 289 g/mol. The van der Waals surface area contributed by atoms with Crippen LogP contribution in [0, 0.1) is 0 Å². The molecule has 0 atom stereocenters. The van der Waals surface area contributed by atoms with Crippen molar-refractivity contribution in [3.8, 4) is 5.75 Å². The van der Waals surface area contributed by atoms with Crippen molar-refractivity contribution in [1.29, 1.82) is 0 Å². The number of carbonyl (C=O) groups excluding carboxylic acids is 1. The number of aromatic hydroxyl groups is 1. The second-order valence-electron chi connectivity index (χ2n) is 7.42. The maximum Gasteiger partial charge on any atom is 0.251 e. The fourth-order valence-corrected chi connectivity index (χ4v) is 2.18. The van der Waals surface area contributed by atoms with Crippen molar-refractivity contribution < 1.29 is 9.90 Å². The van der Waals surface area contributed by atoms with Crippen LogP contribution in [0.2, 0.25) is 0 Å². The molecule has 0 unspecified atom stereocenters. The fraction of sp³-hybridized carbons (Fsp3) is 0.500. The van der Waals surface area contributed by atoms with Gasteiger partial charge in [-0.1, -0.05) is 47.6 Å². The Labute approximate surface area is 128 Å². The SMILES string of the molecule is C=CCNC(=O)c1cc(C(C)(C)C)c(O)c(C(C)(C)C)c1. The molecule has 0 saturated carbocycles. The van der Waals surface area contributed by atoms with Crippen LogP contribution in [0.1, 0.15) is 63.0 Å². The molecule has 0 spiro atoms. The first-order chi connectivity index (χ1) is 9.48. The number of hydrogen-bond donors (Lipinski definition) is 2. The summed E-state index contributed by atoms with van der Waals surface area (Å²) >= 11 is 0. The van der Waals surface area contributed by atoms with Crippen LogP contribution in [0.25, 0.3) is 0 Å². The molecule has 1 aromatic carbocycles. The van der Waals surface area contributed by atoms with E-state index in [0.717, 1.165) is 11.1 Å². The first-order valence-electron chi connectivity index (χ1n) is 7.25. The van der Waals surface area contributed by atoms with Gasteiger partial charge in [0.1, 0.15) is 5.75 Å². The minimum atomic E-state index is -0.237. The van der Waals surface area contributed by atoms with Crippen LogP contribution >= 0.6 is 0 Å². The molecule has 116 valence electrons. The molecule has 0 heterocycles. The molecule has 0 aliphatic heterocycles. The maximum atomic E-state index is 12.2. The molecule has 0 bridgehead atoms. The summed E-state index contributed by atoms with van der Waals surface area (Å²) in [7, 11) is 0. The summed E-state index contributed by atoms with van der Waals surface area (Å²) in [4.78, 5) is 12.2. The van der Waals surface area contributed by atoms with Gasteiger partial charge in [-0.3, -0.25) is 4.79 Å². The molecule has 1 rings (SSSR count). The van der Waals surface area contributed by atoms with Crippen molar-refractivity contribution in [2.24, 2.45) is 0 Å². The molecular formula is C18H27NO2. The highest BCUT2D eigenvalue weighted by atomic mass is 16.3. The van der Waals surface area contributed by atoms with E-state index >= 15 is 0 Å². The van der Waals surface area contributed by atoms with E-state index in [4.69, 9.17) is 0 Å². The van der Waals surface area contributed by atoms with Gasteiger partial charge in [0.2, 0.25) is 0 Å². The zero-order chi connectivity index (χ0) is 16.4. The molecule has 1 aromatic rings. The van der Waals surface area contributed by atoms with E-state index in [1.165, 1.54) is 0 Å².